The van der Waals surface area contributed by atoms with Crippen molar-refractivity contribution in [2.45, 2.75) is 0 Å². The molecule has 3 heteroatoms. The van der Waals surface area contributed by atoms with Crippen molar-refractivity contribution in [3.8, 4) is 11.8 Å². The lowest BCUT2D eigenvalue weighted by atomic mass is 10.0. The van der Waals surface area contributed by atoms with Gasteiger partial charge in [0, 0.05) is 10.6 Å². The predicted octanol–water partition coefficient (Wildman–Crippen LogP) is 4.41. The molecule has 94 valence electrons. The van der Waals surface area contributed by atoms with Gasteiger partial charge in [0.15, 0.2) is 0 Å². The highest BCUT2D eigenvalue weighted by Crippen LogP contribution is 2.28. The molecular weight excluding hydrogens is 258 g/mol. The van der Waals surface area contributed by atoms with Crippen molar-refractivity contribution in [1.82, 2.24) is 0 Å². The summed E-state index contributed by atoms with van der Waals surface area (Å²) >= 11 is 6.10. The molecule has 0 saturated heterocycles. The monoisotopic (exact) mass is 269 g/mol. The molecular formula is C16H12ClNO. The molecule has 0 aliphatic rings. The SMILES string of the molecule is COc1ccccc1/C(C#N)=C\c1ccccc1Cl. The first-order chi connectivity index (χ1) is 9.26. The van der Waals surface area contributed by atoms with Crippen LogP contribution in [-0.4, -0.2) is 7.11 Å². The fourth-order valence-electron chi connectivity index (χ4n) is 1.79. The highest BCUT2D eigenvalue weighted by molar-refractivity contribution is 6.32. The number of methoxy groups -OCH3 is 1. The number of para-hydroxylation sites is 1. The van der Waals surface area contributed by atoms with Crippen molar-refractivity contribution in [1.29, 1.82) is 5.26 Å². The van der Waals surface area contributed by atoms with Gasteiger partial charge in [-0.1, -0.05) is 41.9 Å². The number of hydrogen-bond donors (Lipinski definition) is 0. The maximum Gasteiger partial charge on any atom is 0.127 e. The molecule has 0 N–H and O–H groups in total. The van der Waals surface area contributed by atoms with E-state index in [2.05, 4.69) is 6.07 Å². The summed E-state index contributed by atoms with van der Waals surface area (Å²) in [5, 5.41) is 9.95. The average molecular weight is 270 g/mol. The minimum Gasteiger partial charge on any atom is -0.496 e. The van der Waals surface area contributed by atoms with Crippen LogP contribution in [0.2, 0.25) is 5.02 Å². The van der Waals surface area contributed by atoms with Gasteiger partial charge in [-0.25, -0.2) is 0 Å². The van der Waals surface area contributed by atoms with Gasteiger partial charge in [0.05, 0.1) is 18.8 Å². The van der Waals surface area contributed by atoms with E-state index >= 15 is 0 Å². The number of rotatable bonds is 3. The zero-order chi connectivity index (χ0) is 13.7. The van der Waals surface area contributed by atoms with E-state index in [1.165, 1.54) is 0 Å². The third-order valence-electron chi connectivity index (χ3n) is 2.72. The van der Waals surface area contributed by atoms with E-state index in [-0.39, 0.29) is 0 Å². The number of halogens is 1. The zero-order valence-corrected chi connectivity index (χ0v) is 11.2. The van der Waals surface area contributed by atoms with Gasteiger partial charge < -0.3 is 4.74 Å². The van der Waals surface area contributed by atoms with Crippen molar-refractivity contribution >= 4 is 23.3 Å². The molecule has 0 bridgehead atoms. The summed E-state index contributed by atoms with van der Waals surface area (Å²) < 4.78 is 5.27. The number of ether oxygens (including phenoxy) is 1. The second-order valence-electron chi connectivity index (χ2n) is 3.89. The quantitative estimate of drug-likeness (QED) is 0.611. The molecule has 0 aliphatic heterocycles. The molecule has 0 aliphatic carbocycles. The Bertz CT molecular complexity index is 656. The second-order valence-corrected chi connectivity index (χ2v) is 4.30. The minimum absolute atomic E-state index is 0.519. The highest BCUT2D eigenvalue weighted by atomic mass is 35.5. The van der Waals surface area contributed by atoms with Gasteiger partial charge in [0.1, 0.15) is 5.75 Å². The summed E-state index contributed by atoms with van der Waals surface area (Å²) in [6.45, 7) is 0. The summed E-state index contributed by atoms with van der Waals surface area (Å²) in [5.74, 6) is 0.669. The molecule has 0 amide bonds. The molecule has 0 saturated carbocycles. The van der Waals surface area contributed by atoms with Crippen molar-refractivity contribution < 1.29 is 4.74 Å². The molecule has 0 aromatic heterocycles. The Morgan fingerprint density at radius 3 is 2.53 bits per heavy atom. The normalized spacial score (nSPS) is 10.9. The Morgan fingerprint density at radius 1 is 1.16 bits per heavy atom. The topological polar surface area (TPSA) is 33.0 Å². The minimum atomic E-state index is 0.519. The molecule has 0 radical (unpaired) electrons. The van der Waals surface area contributed by atoms with Gasteiger partial charge in [-0.15, -0.1) is 0 Å². The summed E-state index contributed by atoms with van der Waals surface area (Å²) in [4.78, 5) is 0. The maximum absolute atomic E-state index is 9.33. The van der Waals surface area contributed by atoms with E-state index < -0.39 is 0 Å². The van der Waals surface area contributed by atoms with Gasteiger partial charge in [0.2, 0.25) is 0 Å². The van der Waals surface area contributed by atoms with Gasteiger partial charge >= 0.3 is 0 Å². The van der Waals surface area contributed by atoms with Gasteiger partial charge in [-0.05, 0) is 29.8 Å². The Balaban J connectivity index is 2.52. The smallest absolute Gasteiger partial charge is 0.127 e. The molecule has 2 nitrogen and oxygen atoms in total. The van der Waals surface area contributed by atoms with Crippen LogP contribution in [0.1, 0.15) is 11.1 Å². The van der Waals surface area contributed by atoms with Crippen molar-refractivity contribution in [2.24, 2.45) is 0 Å². The summed E-state index contributed by atoms with van der Waals surface area (Å²) in [7, 11) is 1.59. The molecule has 0 fully saturated rings. The average Bonchev–Trinajstić information content (AvgIpc) is 2.46. The Hall–Kier alpha value is -2.24. The van der Waals surface area contributed by atoms with E-state index in [1.54, 1.807) is 19.3 Å². The van der Waals surface area contributed by atoms with Crippen molar-refractivity contribution in [3.05, 3.63) is 64.7 Å². The Kier molecular flexibility index (Phi) is 4.22. The first kappa shape index (κ1) is 13.2. The maximum atomic E-state index is 9.33. The fraction of sp³-hybridized carbons (Fsp3) is 0.0625. The number of hydrogen-bond acceptors (Lipinski definition) is 2. The van der Waals surface area contributed by atoms with Crippen LogP contribution in [0.5, 0.6) is 5.75 Å². The lowest BCUT2D eigenvalue weighted by Gasteiger charge is -2.07. The van der Waals surface area contributed by atoms with E-state index in [1.807, 2.05) is 42.5 Å². The first-order valence-electron chi connectivity index (χ1n) is 5.76. The van der Waals surface area contributed by atoms with Crippen LogP contribution < -0.4 is 4.74 Å². The third-order valence-corrected chi connectivity index (χ3v) is 3.07. The lowest BCUT2D eigenvalue weighted by Crippen LogP contribution is -1.90. The lowest BCUT2D eigenvalue weighted by molar-refractivity contribution is 0.413. The number of allylic oxidation sites excluding steroid dienone is 1. The zero-order valence-electron chi connectivity index (χ0n) is 10.4. The van der Waals surface area contributed by atoms with Crippen LogP contribution in [-0.2, 0) is 0 Å². The number of nitrogens with zero attached hydrogens (tertiary/aromatic N) is 1. The summed E-state index contributed by atoms with van der Waals surface area (Å²) in [6.07, 6.45) is 1.76. The molecule has 0 heterocycles. The van der Waals surface area contributed by atoms with Crippen LogP contribution in [0.3, 0.4) is 0 Å². The van der Waals surface area contributed by atoms with Crippen molar-refractivity contribution in [2.75, 3.05) is 7.11 Å². The largest absolute Gasteiger partial charge is 0.496 e. The number of nitriles is 1. The van der Waals surface area contributed by atoms with E-state index in [9.17, 15) is 5.26 Å². The van der Waals surface area contributed by atoms with Crippen molar-refractivity contribution in [3.63, 3.8) is 0 Å². The van der Waals surface area contributed by atoms with Crippen LogP contribution in [0.25, 0.3) is 11.6 Å². The van der Waals surface area contributed by atoms with E-state index in [0.29, 0.717) is 16.3 Å². The Morgan fingerprint density at radius 2 is 1.84 bits per heavy atom. The predicted molar refractivity (Wildman–Crippen MR) is 77.9 cm³/mol. The van der Waals surface area contributed by atoms with Gasteiger partial charge in [-0.3, -0.25) is 0 Å². The summed E-state index contributed by atoms with van der Waals surface area (Å²) in [6, 6.07) is 17.0. The first-order valence-corrected chi connectivity index (χ1v) is 6.13. The fourth-order valence-corrected chi connectivity index (χ4v) is 1.98. The molecule has 0 atom stereocenters. The van der Waals surface area contributed by atoms with Crippen LogP contribution in [0.15, 0.2) is 48.5 Å². The molecule has 0 unspecified atom stereocenters. The summed E-state index contributed by atoms with van der Waals surface area (Å²) in [5.41, 5.74) is 2.09. The van der Waals surface area contributed by atoms with Gasteiger partial charge in [-0.2, -0.15) is 5.26 Å². The van der Waals surface area contributed by atoms with Crippen LogP contribution in [0, 0.1) is 11.3 Å². The molecule has 2 aromatic carbocycles. The second kappa shape index (κ2) is 6.08. The van der Waals surface area contributed by atoms with E-state index in [0.717, 1.165) is 11.1 Å². The third kappa shape index (κ3) is 2.96. The highest BCUT2D eigenvalue weighted by Gasteiger charge is 2.08. The van der Waals surface area contributed by atoms with Gasteiger partial charge in [0.25, 0.3) is 0 Å². The van der Waals surface area contributed by atoms with Crippen LogP contribution in [0.4, 0.5) is 0 Å². The molecule has 2 aromatic rings. The molecule has 2 rings (SSSR count). The van der Waals surface area contributed by atoms with E-state index in [4.69, 9.17) is 16.3 Å². The molecule has 0 spiro atoms. The number of benzene rings is 2. The standard InChI is InChI=1S/C16H12ClNO/c1-19-16-9-5-3-7-14(16)13(11-18)10-12-6-2-4-8-15(12)17/h2-10H,1H3/b13-10-. The molecule has 19 heavy (non-hydrogen) atoms. The van der Waals surface area contributed by atoms with Crippen LogP contribution >= 0.6 is 11.6 Å². The Labute approximate surface area is 117 Å².